The third-order valence-corrected chi connectivity index (χ3v) is 3.44. The van der Waals surface area contributed by atoms with Gasteiger partial charge in [-0.3, -0.25) is 0 Å². The Morgan fingerprint density at radius 3 is 2.80 bits per heavy atom. The highest BCUT2D eigenvalue weighted by atomic mass is 14.9. The maximum absolute atomic E-state index is 3.31. The average molecular weight is 201 g/mol. The minimum Gasteiger partial charge on any atom is -0.314 e. The molecule has 0 radical (unpaired) electrons. The Bertz CT molecular complexity index is 390. The van der Waals surface area contributed by atoms with E-state index in [0.717, 1.165) is 0 Å². The molecule has 1 nitrogen and oxygen atoms in total. The van der Waals surface area contributed by atoms with Gasteiger partial charge in [0.25, 0.3) is 0 Å². The predicted octanol–water partition coefficient (Wildman–Crippen LogP) is 2.93. The molecule has 0 aromatic heterocycles. The Morgan fingerprint density at radius 1 is 1.27 bits per heavy atom. The van der Waals surface area contributed by atoms with Gasteiger partial charge >= 0.3 is 0 Å². The normalized spacial score (nSPS) is 16.9. The Hall–Kier alpha value is -1.08. The number of benzene rings is 1. The van der Waals surface area contributed by atoms with E-state index in [1.54, 1.807) is 0 Å². The van der Waals surface area contributed by atoms with Crippen molar-refractivity contribution in [3.63, 3.8) is 0 Å². The summed E-state index contributed by atoms with van der Waals surface area (Å²) >= 11 is 0. The molecule has 0 saturated carbocycles. The predicted molar refractivity (Wildman–Crippen MR) is 66.0 cm³/mol. The molecule has 0 heterocycles. The summed E-state index contributed by atoms with van der Waals surface area (Å²) in [6, 6.07) is 7.08. The van der Waals surface area contributed by atoms with Gasteiger partial charge in [0.05, 0.1) is 0 Å². The van der Waals surface area contributed by atoms with Crippen LogP contribution in [0.3, 0.4) is 0 Å². The monoisotopic (exact) mass is 201 g/mol. The number of likely N-dealkylation sites (N-methyl/N-ethyl adjacent to an activating group) is 1. The van der Waals surface area contributed by atoms with Crippen LogP contribution >= 0.6 is 0 Å². The number of hydrogen-bond donors (Lipinski definition) is 1. The molecule has 1 heteroatoms. The van der Waals surface area contributed by atoms with E-state index >= 15 is 0 Å². The Kier molecular flexibility index (Phi) is 2.92. The second-order valence-electron chi connectivity index (χ2n) is 4.37. The van der Waals surface area contributed by atoms with Gasteiger partial charge in [-0.05, 0) is 50.4 Å². The first-order valence-electron chi connectivity index (χ1n) is 5.68. The molecule has 1 atom stereocenters. The molecule has 1 N–H and O–H groups in total. The van der Waals surface area contributed by atoms with Crippen molar-refractivity contribution < 1.29 is 0 Å². The lowest BCUT2D eigenvalue weighted by Gasteiger charge is -2.22. The molecule has 2 rings (SSSR count). The molecule has 1 aromatic carbocycles. The van der Waals surface area contributed by atoms with E-state index in [0.29, 0.717) is 6.04 Å². The molecule has 0 fully saturated rings. The van der Waals surface area contributed by atoms with Crippen LogP contribution in [0.1, 0.15) is 30.0 Å². The Labute approximate surface area is 92.2 Å². The van der Waals surface area contributed by atoms with Crippen LogP contribution < -0.4 is 5.32 Å². The molecular formula is C14H19N. The van der Waals surface area contributed by atoms with Crippen molar-refractivity contribution in [3.8, 4) is 0 Å². The zero-order valence-corrected chi connectivity index (χ0v) is 9.80. The van der Waals surface area contributed by atoms with Gasteiger partial charge in [-0.25, -0.2) is 0 Å². The van der Waals surface area contributed by atoms with Crippen LogP contribution in [0.25, 0.3) is 6.08 Å². The van der Waals surface area contributed by atoms with Crippen LogP contribution in [0.2, 0.25) is 0 Å². The minimum absolute atomic E-state index is 0.499. The number of hydrogen-bond acceptors (Lipinski definition) is 1. The molecule has 0 spiro atoms. The zero-order valence-electron chi connectivity index (χ0n) is 9.80. The minimum atomic E-state index is 0.499. The van der Waals surface area contributed by atoms with Crippen LogP contribution in [0.15, 0.2) is 23.8 Å². The molecule has 1 aliphatic carbocycles. The van der Waals surface area contributed by atoms with Crippen LogP contribution in [-0.2, 0) is 6.42 Å². The van der Waals surface area contributed by atoms with E-state index in [1.165, 1.54) is 35.1 Å². The van der Waals surface area contributed by atoms with E-state index in [4.69, 9.17) is 0 Å². The van der Waals surface area contributed by atoms with Gasteiger partial charge in [0.2, 0.25) is 0 Å². The standard InChI is InChI=1S/C14H19N/c1-10-5-4-6-13-9-12(11(2)15-3)7-8-14(10)13/h4-6,9,11,15H,7-8H2,1-3H3. The molecule has 1 aliphatic rings. The van der Waals surface area contributed by atoms with Crippen LogP contribution in [-0.4, -0.2) is 13.1 Å². The van der Waals surface area contributed by atoms with Crippen molar-refractivity contribution >= 4 is 6.08 Å². The number of fused-ring (bicyclic) bond motifs is 1. The lowest BCUT2D eigenvalue weighted by molar-refractivity contribution is 0.659. The van der Waals surface area contributed by atoms with Crippen LogP contribution in [0.5, 0.6) is 0 Å². The molecule has 0 aliphatic heterocycles. The van der Waals surface area contributed by atoms with E-state index < -0.39 is 0 Å². The maximum Gasteiger partial charge on any atom is 0.0251 e. The zero-order chi connectivity index (χ0) is 10.8. The second-order valence-corrected chi connectivity index (χ2v) is 4.37. The third kappa shape index (κ3) is 1.98. The van der Waals surface area contributed by atoms with Gasteiger partial charge in [0.1, 0.15) is 0 Å². The SMILES string of the molecule is CNC(C)C1=Cc2cccc(C)c2CC1. The van der Waals surface area contributed by atoms with E-state index in [1.807, 2.05) is 7.05 Å². The van der Waals surface area contributed by atoms with Gasteiger partial charge in [-0.15, -0.1) is 0 Å². The van der Waals surface area contributed by atoms with Gasteiger partial charge in [0, 0.05) is 6.04 Å². The lowest BCUT2D eigenvalue weighted by Crippen LogP contribution is -2.25. The summed E-state index contributed by atoms with van der Waals surface area (Å²) < 4.78 is 0. The molecule has 1 aromatic rings. The molecule has 1 unspecified atom stereocenters. The first-order valence-corrected chi connectivity index (χ1v) is 5.68. The van der Waals surface area contributed by atoms with Gasteiger partial charge < -0.3 is 5.32 Å². The average Bonchev–Trinajstić information content (AvgIpc) is 2.28. The smallest absolute Gasteiger partial charge is 0.0251 e. The molecule has 0 amide bonds. The van der Waals surface area contributed by atoms with Gasteiger partial charge in [-0.1, -0.05) is 29.8 Å². The van der Waals surface area contributed by atoms with Crippen molar-refractivity contribution in [3.05, 3.63) is 40.5 Å². The van der Waals surface area contributed by atoms with E-state index in [-0.39, 0.29) is 0 Å². The number of rotatable bonds is 2. The fourth-order valence-corrected chi connectivity index (χ4v) is 2.27. The highest BCUT2D eigenvalue weighted by Crippen LogP contribution is 2.27. The van der Waals surface area contributed by atoms with Gasteiger partial charge in [-0.2, -0.15) is 0 Å². The first-order chi connectivity index (χ1) is 7.22. The van der Waals surface area contributed by atoms with E-state index in [9.17, 15) is 0 Å². The fourth-order valence-electron chi connectivity index (χ4n) is 2.27. The highest BCUT2D eigenvalue weighted by molar-refractivity contribution is 5.62. The summed E-state index contributed by atoms with van der Waals surface area (Å²) in [4.78, 5) is 0. The Morgan fingerprint density at radius 2 is 2.07 bits per heavy atom. The largest absolute Gasteiger partial charge is 0.314 e. The first kappa shape index (κ1) is 10.4. The van der Waals surface area contributed by atoms with Crippen molar-refractivity contribution in [2.75, 3.05) is 7.05 Å². The topological polar surface area (TPSA) is 12.0 Å². The Balaban J connectivity index is 2.37. The van der Waals surface area contributed by atoms with Gasteiger partial charge in [0.15, 0.2) is 0 Å². The molecule has 15 heavy (non-hydrogen) atoms. The molecule has 80 valence electrons. The van der Waals surface area contributed by atoms with Crippen molar-refractivity contribution in [2.24, 2.45) is 0 Å². The lowest BCUT2D eigenvalue weighted by atomic mass is 9.87. The van der Waals surface area contributed by atoms with E-state index in [2.05, 4.69) is 43.4 Å². The summed E-state index contributed by atoms with van der Waals surface area (Å²) in [5, 5.41) is 3.31. The maximum atomic E-state index is 3.31. The van der Waals surface area contributed by atoms with Crippen molar-refractivity contribution in [1.29, 1.82) is 0 Å². The van der Waals surface area contributed by atoms with Crippen molar-refractivity contribution in [1.82, 2.24) is 5.32 Å². The molecular weight excluding hydrogens is 182 g/mol. The summed E-state index contributed by atoms with van der Waals surface area (Å²) in [5.74, 6) is 0. The van der Waals surface area contributed by atoms with Crippen molar-refractivity contribution in [2.45, 2.75) is 32.7 Å². The molecule has 0 bridgehead atoms. The third-order valence-electron chi connectivity index (χ3n) is 3.44. The molecule has 0 saturated heterocycles. The summed E-state index contributed by atoms with van der Waals surface area (Å²) in [5.41, 5.74) is 5.90. The van der Waals surface area contributed by atoms with Crippen LogP contribution in [0, 0.1) is 6.92 Å². The summed E-state index contributed by atoms with van der Waals surface area (Å²) in [6.45, 7) is 4.44. The quantitative estimate of drug-likeness (QED) is 0.775. The highest BCUT2D eigenvalue weighted by Gasteiger charge is 2.14. The second kappa shape index (κ2) is 4.19. The fraction of sp³-hybridized carbons (Fsp3) is 0.429. The summed E-state index contributed by atoms with van der Waals surface area (Å²) in [7, 11) is 2.03. The van der Waals surface area contributed by atoms with Crippen LogP contribution in [0.4, 0.5) is 0 Å². The number of aryl methyl sites for hydroxylation is 1. The summed E-state index contributed by atoms with van der Waals surface area (Å²) in [6.07, 6.45) is 4.74. The number of nitrogens with one attached hydrogen (secondary N) is 1.